The minimum atomic E-state index is -0.261. The number of benzene rings is 4. The van der Waals surface area contributed by atoms with Crippen LogP contribution in [-0.4, -0.2) is 35.1 Å². The van der Waals surface area contributed by atoms with Crippen LogP contribution in [0.15, 0.2) is 48.5 Å². The molecule has 1 aliphatic rings. The molecule has 0 atom stereocenters. The highest BCUT2D eigenvalue weighted by atomic mass is 35.5. The topological polar surface area (TPSA) is 116 Å². The van der Waals surface area contributed by atoms with Crippen LogP contribution in [0.4, 0.5) is 22.7 Å². The lowest BCUT2D eigenvalue weighted by Crippen LogP contribution is -2.25. The Morgan fingerprint density at radius 3 is 1.31 bits per heavy atom. The van der Waals surface area contributed by atoms with Gasteiger partial charge in [0.25, 0.3) is 0 Å². The Morgan fingerprint density at radius 2 is 0.958 bits per heavy atom. The smallest absolute Gasteiger partial charge is 0.235 e. The van der Waals surface area contributed by atoms with Gasteiger partial charge in [0.1, 0.15) is 11.8 Å². The zero-order valence-electron chi connectivity index (χ0n) is 27.8. The number of halogens is 2. The van der Waals surface area contributed by atoms with Crippen molar-refractivity contribution in [2.45, 2.75) is 54.6 Å². The van der Waals surface area contributed by atoms with E-state index >= 15 is 0 Å². The van der Waals surface area contributed by atoms with E-state index in [2.05, 4.69) is 21.3 Å². The van der Waals surface area contributed by atoms with Gasteiger partial charge in [0, 0.05) is 35.6 Å². The molecule has 2 amide bonds. The largest absolute Gasteiger partial charge is 0.354 e. The molecule has 48 heavy (non-hydrogen) atoms. The highest BCUT2D eigenvalue weighted by Crippen LogP contribution is 2.39. The maximum Gasteiger partial charge on any atom is 0.235 e. The predicted molar refractivity (Wildman–Crippen MR) is 193 cm³/mol. The quantitative estimate of drug-likeness (QED) is 0.113. The van der Waals surface area contributed by atoms with Crippen molar-refractivity contribution >= 4 is 69.3 Å². The first-order chi connectivity index (χ1) is 22.9. The van der Waals surface area contributed by atoms with Crippen molar-refractivity contribution in [3.8, 4) is 0 Å². The Bertz CT molecular complexity index is 1860. The third-order valence-corrected chi connectivity index (χ3v) is 9.51. The number of rotatable bonds is 10. The van der Waals surface area contributed by atoms with Crippen molar-refractivity contribution in [3.05, 3.63) is 115 Å². The van der Waals surface area contributed by atoms with Gasteiger partial charge >= 0.3 is 0 Å². The molecule has 0 saturated carbocycles. The van der Waals surface area contributed by atoms with Gasteiger partial charge in [-0.25, -0.2) is 0 Å². The first kappa shape index (κ1) is 34.7. The van der Waals surface area contributed by atoms with Crippen LogP contribution in [0.25, 0.3) is 0 Å². The Morgan fingerprint density at radius 1 is 0.583 bits per heavy atom. The summed E-state index contributed by atoms with van der Waals surface area (Å²) in [5, 5.41) is 12.6. The van der Waals surface area contributed by atoms with E-state index in [9.17, 15) is 19.2 Å². The first-order valence-corrected chi connectivity index (χ1v) is 16.7. The highest BCUT2D eigenvalue weighted by Gasteiger charge is 2.34. The molecule has 0 unspecified atom stereocenters. The van der Waals surface area contributed by atoms with Crippen molar-refractivity contribution in [3.63, 3.8) is 0 Å². The van der Waals surface area contributed by atoms with Gasteiger partial charge in [-0.05, 0) is 98.2 Å². The van der Waals surface area contributed by atoms with Gasteiger partial charge in [-0.15, -0.1) is 23.2 Å². The van der Waals surface area contributed by atoms with E-state index in [0.29, 0.717) is 46.7 Å². The number of hydrogen-bond donors (Lipinski definition) is 4. The molecule has 8 nitrogen and oxygen atoms in total. The Balaban J connectivity index is 1.53. The molecular weight excluding hydrogens is 647 g/mol. The van der Waals surface area contributed by atoms with Crippen LogP contribution >= 0.6 is 23.2 Å². The van der Waals surface area contributed by atoms with E-state index in [4.69, 9.17) is 23.2 Å². The number of aryl methyl sites for hydroxylation is 4. The number of hydrogen-bond acceptors (Lipinski definition) is 6. The zero-order chi connectivity index (χ0) is 34.9. The second-order valence-corrected chi connectivity index (χ2v) is 12.7. The number of carbonyl (C=O) groups excluding carboxylic acids is 4. The van der Waals surface area contributed by atoms with Gasteiger partial charge < -0.3 is 21.3 Å². The molecule has 4 N–H and O–H groups in total. The van der Waals surface area contributed by atoms with Gasteiger partial charge in [-0.3, -0.25) is 19.2 Å². The summed E-state index contributed by atoms with van der Waals surface area (Å²) in [7, 11) is 0. The summed E-state index contributed by atoms with van der Waals surface area (Å²) in [5.74, 6) is -1.29. The van der Waals surface area contributed by atoms with Gasteiger partial charge in [-0.2, -0.15) is 0 Å². The summed E-state index contributed by atoms with van der Waals surface area (Å²) >= 11 is 11.4. The maximum atomic E-state index is 14.2. The summed E-state index contributed by atoms with van der Waals surface area (Å²) in [6.07, 6.45) is 0. The molecule has 0 fully saturated rings. The molecule has 0 saturated heterocycles. The fraction of sp³-hybridized carbons (Fsp3) is 0.263. The monoisotopic (exact) mass is 684 g/mol. The molecule has 10 heteroatoms. The Kier molecular flexibility index (Phi) is 10.3. The number of fused-ring (bicyclic) bond motifs is 2. The van der Waals surface area contributed by atoms with Crippen LogP contribution < -0.4 is 21.3 Å². The van der Waals surface area contributed by atoms with Crippen LogP contribution in [0, 0.1) is 41.5 Å². The normalized spacial score (nSPS) is 11.9. The van der Waals surface area contributed by atoms with Crippen molar-refractivity contribution in [2.24, 2.45) is 0 Å². The summed E-state index contributed by atoms with van der Waals surface area (Å²) < 4.78 is 0. The Hall–Kier alpha value is -4.66. The lowest BCUT2D eigenvalue weighted by Gasteiger charge is -2.25. The number of ketones is 2. The number of carbonyl (C=O) groups is 4. The molecule has 248 valence electrons. The van der Waals surface area contributed by atoms with Gasteiger partial charge in [0.05, 0.1) is 22.5 Å². The average molecular weight is 686 g/mol. The molecule has 4 aromatic rings. The molecule has 0 bridgehead atoms. The van der Waals surface area contributed by atoms with E-state index in [1.807, 2.05) is 53.7 Å². The summed E-state index contributed by atoms with van der Waals surface area (Å²) in [6, 6.07) is 14.6. The molecule has 0 heterocycles. The lowest BCUT2D eigenvalue weighted by atomic mass is 9.82. The molecular formula is C38H38Cl2N4O4. The molecule has 4 aromatic carbocycles. The molecule has 5 rings (SSSR count). The van der Waals surface area contributed by atoms with Crippen molar-refractivity contribution in [2.75, 3.05) is 22.4 Å². The Labute approximate surface area is 290 Å². The van der Waals surface area contributed by atoms with Crippen LogP contribution in [0.3, 0.4) is 0 Å². The minimum absolute atomic E-state index is 0.125. The van der Waals surface area contributed by atoms with Crippen LogP contribution in [-0.2, 0) is 22.7 Å². The SMILES string of the molecule is Cc1cc(C)c(Nc2cccc3c2C(=O)c2cccc(Nc4c(C)cc(C)c(CNC(=O)CCl)c4C)c2C3=O)c(C)c1CNC(=O)CCl. The number of amides is 2. The fourth-order valence-electron chi connectivity index (χ4n) is 6.57. The van der Waals surface area contributed by atoms with E-state index < -0.39 is 0 Å². The molecule has 0 aliphatic heterocycles. The van der Waals surface area contributed by atoms with E-state index in [0.717, 1.165) is 55.9 Å². The lowest BCUT2D eigenvalue weighted by molar-refractivity contribution is -0.119. The van der Waals surface area contributed by atoms with Crippen LogP contribution in [0.1, 0.15) is 76.4 Å². The maximum absolute atomic E-state index is 14.2. The molecule has 1 aliphatic carbocycles. The standard InChI is InChI=1S/C38H38Cl2N4O4/c1-19-13-21(3)35(23(5)27(19)17-41-31(45)15-39)43-29-11-7-9-25-33(29)37(47)26-10-8-12-30(34(26)38(25)48)44-36-22(4)14-20(2)28(24(36)6)18-42-32(46)16-40/h7-14,43-44H,15-18H2,1-6H3,(H,41,45)(H,42,46). The predicted octanol–water partition coefficient (Wildman–Crippen LogP) is 7.51. The summed E-state index contributed by atoms with van der Waals surface area (Å²) in [5.41, 5.74) is 11.6. The molecule has 0 spiro atoms. The van der Waals surface area contributed by atoms with Crippen molar-refractivity contribution in [1.82, 2.24) is 10.6 Å². The number of nitrogens with one attached hydrogen (secondary N) is 4. The van der Waals surface area contributed by atoms with Crippen LogP contribution in [0.2, 0.25) is 0 Å². The van der Waals surface area contributed by atoms with Crippen molar-refractivity contribution in [1.29, 1.82) is 0 Å². The molecule has 0 aromatic heterocycles. The molecule has 0 radical (unpaired) electrons. The van der Waals surface area contributed by atoms with E-state index in [1.165, 1.54) is 0 Å². The third kappa shape index (κ3) is 6.55. The van der Waals surface area contributed by atoms with E-state index in [-0.39, 0.29) is 35.1 Å². The summed E-state index contributed by atoms with van der Waals surface area (Å²) in [4.78, 5) is 52.3. The van der Waals surface area contributed by atoms with Crippen LogP contribution in [0.5, 0.6) is 0 Å². The van der Waals surface area contributed by atoms with Crippen molar-refractivity contribution < 1.29 is 19.2 Å². The fourth-order valence-corrected chi connectivity index (χ4v) is 6.76. The average Bonchev–Trinajstić information content (AvgIpc) is 3.06. The number of anilines is 4. The number of alkyl halides is 2. The van der Waals surface area contributed by atoms with Gasteiger partial charge in [0.2, 0.25) is 11.8 Å². The highest BCUT2D eigenvalue weighted by molar-refractivity contribution is 6.32. The van der Waals surface area contributed by atoms with Gasteiger partial charge in [-0.1, -0.05) is 36.4 Å². The summed E-state index contributed by atoms with van der Waals surface area (Å²) in [6.45, 7) is 12.5. The third-order valence-electron chi connectivity index (χ3n) is 9.02. The first-order valence-electron chi connectivity index (χ1n) is 15.6. The second kappa shape index (κ2) is 14.2. The second-order valence-electron chi connectivity index (χ2n) is 12.2. The zero-order valence-corrected chi connectivity index (χ0v) is 29.3. The minimum Gasteiger partial charge on any atom is -0.354 e. The van der Waals surface area contributed by atoms with E-state index in [1.54, 1.807) is 36.4 Å². The van der Waals surface area contributed by atoms with Gasteiger partial charge in [0.15, 0.2) is 11.6 Å².